The van der Waals surface area contributed by atoms with Crippen LogP contribution in [0.3, 0.4) is 0 Å². The molecule has 0 aliphatic carbocycles. The van der Waals surface area contributed by atoms with Crippen LogP contribution >= 0.6 is 17.0 Å². The summed E-state index contributed by atoms with van der Waals surface area (Å²) in [6, 6.07) is 8.87. The van der Waals surface area contributed by atoms with Crippen molar-refractivity contribution in [3.05, 3.63) is 43.0 Å². The Labute approximate surface area is 81.6 Å². The molecule has 0 aliphatic heterocycles. The quantitative estimate of drug-likeness (QED) is 0.442. The number of carbonyl (C=O) groups excluding carboxylic acids is 1. The fraction of sp³-hybridized carbons (Fsp3) is 0. The Kier molecular flexibility index (Phi) is 5.04. The van der Waals surface area contributed by atoms with Crippen molar-refractivity contribution in [3.63, 3.8) is 0 Å². The van der Waals surface area contributed by atoms with Gasteiger partial charge in [-0.3, -0.25) is 0 Å². The molecule has 12 heavy (non-hydrogen) atoms. The van der Waals surface area contributed by atoms with Crippen molar-refractivity contribution < 1.29 is 9.53 Å². The molecule has 1 aromatic rings. The van der Waals surface area contributed by atoms with E-state index in [9.17, 15) is 4.79 Å². The van der Waals surface area contributed by atoms with Gasteiger partial charge in [0.2, 0.25) is 0 Å². The Hall–Kier alpha value is -1.09. The minimum Gasteiger partial charge on any atom is -0.423 e. The highest BCUT2D eigenvalue weighted by Crippen LogP contribution is 2.07. The Morgan fingerprint density at radius 1 is 1.33 bits per heavy atom. The zero-order valence-corrected chi connectivity index (χ0v) is 8.11. The zero-order valence-electron chi connectivity index (χ0n) is 6.40. The summed E-state index contributed by atoms with van der Waals surface area (Å²) < 4.78 is 4.81. The maximum atomic E-state index is 10.6. The lowest BCUT2D eigenvalue weighted by atomic mass is 10.3. The van der Waals surface area contributed by atoms with E-state index in [0.29, 0.717) is 5.75 Å². The molecule has 0 saturated heterocycles. The zero-order chi connectivity index (χ0) is 8.10. The first-order valence-corrected chi connectivity index (χ1v) is 3.22. The van der Waals surface area contributed by atoms with Crippen molar-refractivity contribution in [2.24, 2.45) is 0 Å². The second-order valence-corrected chi connectivity index (χ2v) is 1.94. The average Bonchev–Trinajstić information content (AvgIpc) is 2.06. The highest BCUT2D eigenvalue weighted by molar-refractivity contribution is 8.93. The van der Waals surface area contributed by atoms with Crippen LogP contribution in [0.15, 0.2) is 43.0 Å². The predicted molar refractivity (Wildman–Crippen MR) is 52.6 cm³/mol. The fourth-order valence-corrected chi connectivity index (χ4v) is 0.646. The van der Waals surface area contributed by atoms with Crippen molar-refractivity contribution in [1.29, 1.82) is 0 Å². The van der Waals surface area contributed by atoms with Gasteiger partial charge in [-0.25, -0.2) is 4.79 Å². The molecule has 1 aromatic carbocycles. The van der Waals surface area contributed by atoms with Crippen LogP contribution in [0, 0.1) is 0 Å². The average molecular weight is 229 g/mol. The van der Waals surface area contributed by atoms with E-state index in [4.69, 9.17) is 4.74 Å². The standard InChI is InChI=1S/C9H8O2.BrH/c1-2-9(10)11-8-6-4-3-5-7-8;/h2-7H,1H2;1H. The van der Waals surface area contributed by atoms with Crippen molar-refractivity contribution in [2.45, 2.75) is 0 Å². The fourth-order valence-electron chi connectivity index (χ4n) is 0.646. The van der Waals surface area contributed by atoms with E-state index < -0.39 is 5.97 Å². The number of halogens is 1. The first-order valence-electron chi connectivity index (χ1n) is 3.22. The number of carbonyl (C=O) groups is 1. The van der Waals surface area contributed by atoms with Gasteiger partial charge in [0.05, 0.1) is 0 Å². The van der Waals surface area contributed by atoms with Gasteiger partial charge in [0.25, 0.3) is 0 Å². The molecule has 0 aliphatic rings. The number of benzene rings is 1. The van der Waals surface area contributed by atoms with Gasteiger partial charge in [-0.05, 0) is 12.1 Å². The second-order valence-electron chi connectivity index (χ2n) is 1.94. The summed E-state index contributed by atoms with van der Waals surface area (Å²) in [6.07, 6.45) is 1.13. The lowest BCUT2D eigenvalue weighted by molar-refractivity contribution is -0.128. The summed E-state index contributed by atoms with van der Waals surface area (Å²) in [5.74, 6) is 0.105. The Morgan fingerprint density at radius 2 is 1.92 bits per heavy atom. The molecule has 0 N–H and O–H groups in total. The van der Waals surface area contributed by atoms with Crippen molar-refractivity contribution in [2.75, 3.05) is 0 Å². The maximum Gasteiger partial charge on any atom is 0.335 e. The van der Waals surface area contributed by atoms with Gasteiger partial charge in [-0.2, -0.15) is 0 Å². The number of rotatable bonds is 2. The lowest BCUT2D eigenvalue weighted by Gasteiger charge is -1.98. The molecular weight excluding hydrogens is 220 g/mol. The van der Waals surface area contributed by atoms with Gasteiger partial charge < -0.3 is 4.74 Å². The van der Waals surface area contributed by atoms with E-state index >= 15 is 0 Å². The van der Waals surface area contributed by atoms with E-state index in [0.717, 1.165) is 6.08 Å². The van der Waals surface area contributed by atoms with Crippen molar-refractivity contribution >= 4 is 23.0 Å². The summed E-state index contributed by atoms with van der Waals surface area (Å²) in [5.41, 5.74) is 0. The number of ether oxygens (including phenoxy) is 1. The molecule has 64 valence electrons. The molecule has 2 nitrogen and oxygen atoms in total. The Balaban J connectivity index is 0.00000121. The van der Waals surface area contributed by atoms with Crippen LogP contribution in [0.5, 0.6) is 5.75 Å². The van der Waals surface area contributed by atoms with Crippen LogP contribution in [0.25, 0.3) is 0 Å². The lowest BCUT2D eigenvalue weighted by Crippen LogP contribution is -2.02. The molecule has 0 bridgehead atoms. The molecule has 0 saturated carbocycles. The van der Waals surface area contributed by atoms with Crippen molar-refractivity contribution in [3.8, 4) is 5.75 Å². The molecule has 0 radical (unpaired) electrons. The summed E-state index contributed by atoms with van der Waals surface area (Å²) in [4.78, 5) is 10.6. The predicted octanol–water partition coefficient (Wildman–Crippen LogP) is 2.36. The topological polar surface area (TPSA) is 26.3 Å². The van der Waals surface area contributed by atoms with Crippen LogP contribution in [0.1, 0.15) is 0 Å². The molecule has 0 amide bonds. The molecular formula is C9H9BrO2. The summed E-state index contributed by atoms with van der Waals surface area (Å²) in [7, 11) is 0. The minimum atomic E-state index is -0.434. The van der Waals surface area contributed by atoms with Gasteiger partial charge >= 0.3 is 5.97 Å². The molecule has 0 spiro atoms. The largest absolute Gasteiger partial charge is 0.423 e. The normalized spacial score (nSPS) is 8.00. The summed E-state index contributed by atoms with van der Waals surface area (Å²) in [5, 5.41) is 0. The third-order valence-electron chi connectivity index (χ3n) is 1.13. The number of hydrogen-bond acceptors (Lipinski definition) is 2. The molecule has 0 heterocycles. The molecule has 0 aromatic heterocycles. The summed E-state index contributed by atoms with van der Waals surface area (Å²) >= 11 is 0. The van der Waals surface area contributed by atoms with E-state index in [1.807, 2.05) is 6.07 Å². The van der Waals surface area contributed by atoms with Crippen molar-refractivity contribution in [1.82, 2.24) is 0 Å². The molecule has 0 unspecified atom stereocenters. The van der Waals surface area contributed by atoms with E-state index in [2.05, 4.69) is 6.58 Å². The smallest absolute Gasteiger partial charge is 0.335 e. The molecule has 1 rings (SSSR count). The highest BCUT2D eigenvalue weighted by Gasteiger charge is 1.95. The highest BCUT2D eigenvalue weighted by atomic mass is 79.9. The molecule has 3 heteroatoms. The second kappa shape index (κ2) is 5.55. The first kappa shape index (κ1) is 10.9. The number of hydrogen-bond donors (Lipinski definition) is 0. The van der Waals surface area contributed by atoms with Crippen LogP contribution in [-0.4, -0.2) is 5.97 Å². The Bertz CT molecular complexity index is 256. The van der Waals surface area contributed by atoms with Crippen LogP contribution in [-0.2, 0) is 4.79 Å². The minimum absolute atomic E-state index is 0. The van der Waals surface area contributed by atoms with Gasteiger partial charge in [0.15, 0.2) is 0 Å². The summed E-state index contributed by atoms with van der Waals surface area (Å²) in [6.45, 7) is 3.28. The number of para-hydroxylation sites is 1. The first-order chi connectivity index (χ1) is 5.33. The van der Waals surface area contributed by atoms with Gasteiger partial charge in [0, 0.05) is 6.08 Å². The van der Waals surface area contributed by atoms with Gasteiger partial charge in [0.1, 0.15) is 5.75 Å². The van der Waals surface area contributed by atoms with E-state index in [-0.39, 0.29) is 17.0 Å². The maximum absolute atomic E-state index is 10.6. The van der Waals surface area contributed by atoms with Crippen LogP contribution in [0.4, 0.5) is 0 Å². The third kappa shape index (κ3) is 3.34. The van der Waals surface area contributed by atoms with E-state index in [1.54, 1.807) is 24.3 Å². The van der Waals surface area contributed by atoms with Crippen LogP contribution < -0.4 is 4.74 Å². The van der Waals surface area contributed by atoms with Gasteiger partial charge in [-0.1, -0.05) is 24.8 Å². The Morgan fingerprint density at radius 3 is 2.42 bits per heavy atom. The SMILES string of the molecule is Br.C=CC(=O)Oc1ccccc1. The van der Waals surface area contributed by atoms with Crippen LogP contribution in [0.2, 0.25) is 0 Å². The monoisotopic (exact) mass is 228 g/mol. The molecule has 0 atom stereocenters. The number of esters is 1. The molecule has 0 fully saturated rings. The third-order valence-corrected chi connectivity index (χ3v) is 1.13. The van der Waals surface area contributed by atoms with E-state index in [1.165, 1.54) is 0 Å². The van der Waals surface area contributed by atoms with Gasteiger partial charge in [-0.15, -0.1) is 17.0 Å².